The molecule has 0 bridgehead atoms. The summed E-state index contributed by atoms with van der Waals surface area (Å²) in [6, 6.07) is 8.57. The Morgan fingerprint density at radius 3 is 2.49 bits per heavy atom. The molecular weight excluding hydrogens is 516 g/mol. The van der Waals surface area contributed by atoms with Crippen LogP contribution in [-0.4, -0.2) is 54.1 Å². The fourth-order valence-corrected chi connectivity index (χ4v) is 5.36. The third kappa shape index (κ3) is 9.28. The predicted octanol–water partition coefficient (Wildman–Crippen LogP) is 3.85. The minimum Gasteiger partial charge on any atom is -0.384 e. The average Bonchev–Trinajstić information content (AvgIpc) is 3.26. The van der Waals surface area contributed by atoms with Crippen LogP contribution in [0.3, 0.4) is 0 Å². The summed E-state index contributed by atoms with van der Waals surface area (Å²) < 4.78 is 11.7. The van der Waals surface area contributed by atoms with Crippen LogP contribution in [0.5, 0.6) is 0 Å². The first-order valence-electron chi connectivity index (χ1n) is 13.8. The van der Waals surface area contributed by atoms with Crippen molar-refractivity contribution in [3.63, 3.8) is 0 Å². The van der Waals surface area contributed by atoms with E-state index in [1.165, 1.54) is 0 Å². The largest absolute Gasteiger partial charge is 0.439 e. The van der Waals surface area contributed by atoms with Gasteiger partial charge in [0.15, 0.2) is 0 Å². The molecule has 3 rings (SSSR count). The Kier molecular flexibility index (Phi) is 10.8. The number of hydrogen-bond donors (Lipinski definition) is 2. The van der Waals surface area contributed by atoms with E-state index >= 15 is 0 Å². The van der Waals surface area contributed by atoms with Crippen molar-refractivity contribution < 1.29 is 23.5 Å². The minimum atomic E-state index is -1.29. The van der Waals surface area contributed by atoms with Crippen LogP contribution in [0.4, 0.5) is 0 Å². The molecule has 39 heavy (non-hydrogen) atoms. The smallest absolute Gasteiger partial charge is 0.384 e. The summed E-state index contributed by atoms with van der Waals surface area (Å²) in [5.74, 6) is -2.61. The van der Waals surface area contributed by atoms with E-state index in [0.29, 0.717) is 31.4 Å². The number of carbonyl (C=O) groups excluding carboxylic acids is 3. The van der Waals surface area contributed by atoms with Crippen LogP contribution in [0.2, 0.25) is 25.7 Å². The van der Waals surface area contributed by atoms with Gasteiger partial charge in [-0.3, -0.25) is 14.4 Å². The van der Waals surface area contributed by atoms with Crippen LogP contribution < -0.4 is 16.4 Å². The summed E-state index contributed by atoms with van der Waals surface area (Å²) in [6.07, 6.45) is 3.39. The normalized spacial score (nSPS) is 18.5. The highest BCUT2D eigenvalue weighted by Gasteiger charge is 2.35. The molecule has 1 aliphatic rings. The molecule has 1 fully saturated rings. The first kappa shape index (κ1) is 30.5. The Bertz CT molecular complexity index is 1170. The molecule has 2 N–H and O–H groups in total. The van der Waals surface area contributed by atoms with Crippen molar-refractivity contribution in [2.45, 2.75) is 90.5 Å². The fraction of sp³-hybridized carbons (Fsp3) is 0.607. The van der Waals surface area contributed by atoms with Crippen molar-refractivity contribution in [3.05, 3.63) is 52.3 Å². The van der Waals surface area contributed by atoms with Gasteiger partial charge in [0.2, 0.25) is 11.7 Å². The molecule has 214 valence electrons. The van der Waals surface area contributed by atoms with Gasteiger partial charge in [0.1, 0.15) is 6.73 Å². The molecule has 1 unspecified atom stereocenters. The average molecular weight is 559 g/mol. The van der Waals surface area contributed by atoms with E-state index in [1.54, 1.807) is 24.3 Å². The highest BCUT2D eigenvalue weighted by Crippen LogP contribution is 2.26. The quantitative estimate of drug-likeness (QED) is 0.217. The molecule has 1 heterocycles. The summed E-state index contributed by atoms with van der Waals surface area (Å²) in [5.41, 5.74) is 0.533. The summed E-state index contributed by atoms with van der Waals surface area (Å²) in [5, 5.41) is 9.94. The van der Waals surface area contributed by atoms with Gasteiger partial charge in [-0.25, -0.2) is 4.79 Å². The van der Waals surface area contributed by atoms with Gasteiger partial charge < -0.3 is 19.8 Å². The second kappa shape index (κ2) is 13.8. The molecule has 0 aliphatic heterocycles. The van der Waals surface area contributed by atoms with Crippen molar-refractivity contribution in [3.8, 4) is 0 Å². The first-order chi connectivity index (χ1) is 18.4. The van der Waals surface area contributed by atoms with E-state index in [1.807, 2.05) is 19.9 Å². The molecule has 0 spiro atoms. The van der Waals surface area contributed by atoms with Crippen LogP contribution >= 0.6 is 0 Å². The lowest BCUT2D eigenvalue weighted by Gasteiger charge is -2.32. The highest BCUT2D eigenvalue weighted by atomic mass is 28.3. The molecule has 11 heteroatoms. The van der Waals surface area contributed by atoms with Crippen molar-refractivity contribution in [1.29, 1.82) is 0 Å². The lowest BCUT2D eigenvalue weighted by atomic mass is 9.83. The molecule has 0 radical (unpaired) electrons. The number of ether oxygens (including phenoxy) is 1. The number of hydrogen-bond acceptors (Lipinski definition) is 7. The molecule has 10 nitrogen and oxygen atoms in total. The number of carbonyl (C=O) groups is 3. The number of amides is 2. The van der Waals surface area contributed by atoms with Gasteiger partial charge in [-0.05, 0) is 43.4 Å². The maximum absolute atomic E-state index is 13.4. The van der Waals surface area contributed by atoms with Crippen molar-refractivity contribution in [1.82, 2.24) is 20.4 Å². The number of nitrogens with one attached hydrogen (secondary N) is 2. The van der Waals surface area contributed by atoms with Crippen LogP contribution in [0, 0.1) is 11.8 Å². The lowest BCUT2D eigenvalue weighted by molar-refractivity contribution is -0.127. The van der Waals surface area contributed by atoms with Gasteiger partial charge in [0, 0.05) is 26.3 Å². The third-order valence-corrected chi connectivity index (χ3v) is 8.53. The molecule has 1 aromatic carbocycles. The zero-order valence-corrected chi connectivity index (χ0v) is 24.7. The van der Waals surface area contributed by atoms with Gasteiger partial charge >= 0.3 is 5.76 Å². The van der Waals surface area contributed by atoms with Crippen LogP contribution in [0.1, 0.15) is 67.0 Å². The second-order valence-electron chi connectivity index (χ2n) is 11.9. The van der Waals surface area contributed by atoms with Gasteiger partial charge in [-0.2, -0.15) is 4.68 Å². The Labute approximate surface area is 230 Å². The van der Waals surface area contributed by atoms with Crippen molar-refractivity contribution in [2.75, 3.05) is 6.61 Å². The zero-order valence-electron chi connectivity index (χ0n) is 23.7. The van der Waals surface area contributed by atoms with Crippen LogP contribution in [0.25, 0.3) is 0 Å². The van der Waals surface area contributed by atoms with Gasteiger partial charge in [0.05, 0.1) is 12.0 Å². The van der Waals surface area contributed by atoms with E-state index in [2.05, 4.69) is 35.4 Å². The summed E-state index contributed by atoms with van der Waals surface area (Å²) in [6.45, 7) is 11.0. The van der Waals surface area contributed by atoms with Crippen LogP contribution in [0.15, 0.2) is 39.5 Å². The minimum absolute atomic E-state index is 0.0814. The number of rotatable bonds is 13. The Hall–Kier alpha value is -3.05. The van der Waals surface area contributed by atoms with E-state index in [-0.39, 0.29) is 36.4 Å². The molecule has 2 aromatic rings. The third-order valence-electron chi connectivity index (χ3n) is 6.82. The topological polar surface area (TPSA) is 133 Å². The first-order valence-corrected chi connectivity index (χ1v) is 17.5. The molecular formula is C28H42N4O6Si. The Morgan fingerprint density at radius 1 is 1.13 bits per heavy atom. The summed E-state index contributed by atoms with van der Waals surface area (Å²) in [4.78, 5) is 51.8. The van der Waals surface area contributed by atoms with E-state index in [4.69, 9.17) is 9.15 Å². The Morgan fingerprint density at radius 2 is 1.82 bits per heavy atom. The van der Waals surface area contributed by atoms with E-state index in [9.17, 15) is 19.2 Å². The number of Topliss-reactive ketones (excluding diaryl/α,β-unsaturated/α-hetero) is 1. The maximum atomic E-state index is 13.4. The standard InChI is InChI=1S/C28H42N4O6Si/c1-19(2)17-23(24(33)27-31-32(28(36)38-27)18-37-15-16-39(3,4)5)30-26(35)21-13-9-10-14-22(21)29-25(34)20-11-7-6-8-12-20/h6-8,11-12,19,21-23H,9-10,13-18H2,1-5H3,(H,29,34)(H,30,35)/t21-,22+,23?/m0/s1. The predicted molar refractivity (Wildman–Crippen MR) is 150 cm³/mol. The van der Waals surface area contributed by atoms with Gasteiger partial charge in [-0.1, -0.05) is 64.5 Å². The number of ketones is 1. The zero-order chi connectivity index (χ0) is 28.6. The molecule has 1 aromatic heterocycles. The molecule has 1 saturated carbocycles. The molecule has 0 saturated heterocycles. The summed E-state index contributed by atoms with van der Waals surface area (Å²) in [7, 11) is -1.29. The van der Waals surface area contributed by atoms with Gasteiger partial charge in [-0.15, -0.1) is 5.10 Å². The van der Waals surface area contributed by atoms with Crippen molar-refractivity contribution >= 4 is 25.7 Å². The number of nitrogens with zero attached hydrogens (tertiary/aromatic N) is 2. The number of aromatic nitrogens is 2. The second-order valence-corrected chi connectivity index (χ2v) is 17.5. The molecule has 2 amide bonds. The fourth-order valence-electron chi connectivity index (χ4n) is 4.61. The maximum Gasteiger partial charge on any atom is 0.439 e. The molecule has 1 aliphatic carbocycles. The highest BCUT2D eigenvalue weighted by molar-refractivity contribution is 6.76. The lowest BCUT2D eigenvalue weighted by Crippen LogP contribution is -2.52. The van der Waals surface area contributed by atoms with E-state index < -0.39 is 31.6 Å². The monoisotopic (exact) mass is 558 g/mol. The Balaban J connectivity index is 1.68. The van der Waals surface area contributed by atoms with Gasteiger partial charge in [0.25, 0.3) is 11.8 Å². The van der Waals surface area contributed by atoms with Crippen molar-refractivity contribution in [2.24, 2.45) is 11.8 Å². The summed E-state index contributed by atoms with van der Waals surface area (Å²) >= 11 is 0. The van der Waals surface area contributed by atoms with E-state index in [0.717, 1.165) is 23.6 Å². The van der Waals surface area contributed by atoms with Crippen LogP contribution in [-0.2, 0) is 16.3 Å². The molecule has 3 atom stereocenters. The SMILES string of the molecule is CC(C)CC(NC(=O)[C@H]1CCCC[C@H]1NC(=O)c1ccccc1)C(=O)c1nn(COCC[Si](C)(C)C)c(=O)o1. The number of benzene rings is 1.